The van der Waals surface area contributed by atoms with Crippen molar-refractivity contribution < 1.29 is 19.1 Å². The van der Waals surface area contributed by atoms with Crippen LogP contribution >= 0.6 is 0 Å². The average molecular weight is 344 g/mol. The molecule has 0 radical (unpaired) electrons. The second-order valence-corrected chi connectivity index (χ2v) is 10.6. The molecular weight excluding hydrogens is 320 g/mol. The molecule has 24 heavy (non-hydrogen) atoms. The fourth-order valence-corrected chi connectivity index (χ4v) is 5.36. The van der Waals surface area contributed by atoms with E-state index in [1.165, 1.54) is 5.19 Å². The number of allylic oxidation sites excluding steroid dienone is 1. The van der Waals surface area contributed by atoms with Crippen LogP contribution in [0.1, 0.15) is 6.42 Å². The first-order valence-corrected chi connectivity index (χ1v) is 10.8. The van der Waals surface area contributed by atoms with E-state index in [1.807, 2.05) is 24.3 Å². The van der Waals surface area contributed by atoms with Gasteiger partial charge in [-0.2, -0.15) is 0 Å². The van der Waals surface area contributed by atoms with Crippen molar-refractivity contribution in [3.05, 3.63) is 68.0 Å². The molecule has 0 saturated heterocycles. The van der Waals surface area contributed by atoms with Crippen LogP contribution in [0.2, 0.25) is 18.6 Å². The molecule has 5 heteroatoms. The Hall–Kier alpha value is -2.40. The largest absolute Gasteiger partial charge is 0.463 e. The summed E-state index contributed by atoms with van der Waals surface area (Å²) in [5.74, 6) is -1.23. The molecule has 0 aliphatic heterocycles. The van der Waals surface area contributed by atoms with Crippen LogP contribution in [0.4, 0.5) is 0 Å². The van der Waals surface area contributed by atoms with Crippen molar-refractivity contribution in [1.82, 2.24) is 0 Å². The predicted molar refractivity (Wildman–Crippen MR) is 98.5 cm³/mol. The number of carbonyl (C=O) groups excluding carboxylic acids is 2. The number of hydrogen-bond donors (Lipinski definition) is 0. The maximum atomic E-state index is 11.6. The van der Waals surface area contributed by atoms with Gasteiger partial charge in [-0.1, -0.05) is 61.3 Å². The van der Waals surface area contributed by atoms with Crippen LogP contribution in [0.3, 0.4) is 0 Å². The number of benzene rings is 1. The maximum absolute atomic E-state index is 11.6. The third-order valence-corrected chi connectivity index (χ3v) is 8.16. The van der Waals surface area contributed by atoms with E-state index in [2.05, 4.69) is 43.1 Å². The Bertz CT molecular complexity index is 605. The Balaban J connectivity index is 2.55. The molecule has 1 atom stereocenters. The van der Waals surface area contributed by atoms with Gasteiger partial charge in [0.1, 0.15) is 0 Å². The van der Waals surface area contributed by atoms with Crippen LogP contribution in [0.15, 0.2) is 68.0 Å². The summed E-state index contributed by atoms with van der Waals surface area (Å²) in [5.41, 5.74) is 0.280. The highest BCUT2D eigenvalue weighted by atomic mass is 28.3. The molecule has 128 valence electrons. The first kappa shape index (κ1) is 19.6. The van der Waals surface area contributed by atoms with Crippen LogP contribution in [-0.4, -0.2) is 26.6 Å². The van der Waals surface area contributed by atoms with Gasteiger partial charge in [0.05, 0.1) is 20.9 Å². The minimum absolute atomic E-state index is 0.277. The molecule has 1 rings (SSSR count). The third-order valence-electron chi connectivity index (χ3n) is 3.96. The quantitative estimate of drug-likeness (QED) is 0.227. The number of hydrogen-bond acceptors (Lipinski definition) is 4. The van der Waals surface area contributed by atoms with Gasteiger partial charge in [-0.25, -0.2) is 9.59 Å². The summed E-state index contributed by atoms with van der Waals surface area (Å²) in [5, 5.41) is 1.34. The minimum atomic E-state index is -1.74. The van der Waals surface area contributed by atoms with E-state index in [0.717, 1.165) is 18.4 Å². The molecule has 0 amide bonds. The normalized spacial score (nSPS) is 12.4. The number of ether oxygens (including phenoxy) is 2. The monoisotopic (exact) mass is 344 g/mol. The fourth-order valence-electron chi connectivity index (χ4n) is 2.45. The summed E-state index contributed by atoms with van der Waals surface area (Å²) in [6.45, 7) is 12.0. The molecule has 0 heterocycles. The van der Waals surface area contributed by atoms with Crippen molar-refractivity contribution in [3.63, 3.8) is 0 Å². The molecule has 0 aliphatic rings. The Kier molecular flexibility index (Phi) is 7.92. The number of esters is 2. The molecule has 0 N–H and O–H groups in total. The highest BCUT2D eigenvalue weighted by Gasteiger charge is 2.31. The molecular formula is C19H24O4Si. The standard InChI is InChI=1S/C19H24O4Si/c1-5-16(24(3,4)17-10-8-7-9-11-17)14-15-23-19(21)13-12-18(20)22-6-2/h5-13,16H,1-2,14-15H2,3-4H3/b13-12+. The first-order valence-electron chi connectivity index (χ1n) is 7.76. The van der Waals surface area contributed by atoms with Crippen molar-refractivity contribution in [2.75, 3.05) is 6.61 Å². The summed E-state index contributed by atoms with van der Waals surface area (Å²) < 4.78 is 9.62. The highest BCUT2D eigenvalue weighted by molar-refractivity contribution is 6.91. The Morgan fingerprint density at radius 3 is 2.33 bits per heavy atom. The van der Waals surface area contributed by atoms with E-state index in [4.69, 9.17) is 4.74 Å². The van der Waals surface area contributed by atoms with E-state index in [9.17, 15) is 9.59 Å². The van der Waals surface area contributed by atoms with Crippen molar-refractivity contribution in [1.29, 1.82) is 0 Å². The lowest BCUT2D eigenvalue weighted by Gasteiger charge is -2.30. The van der Waals surface area contributed by atoms with Crippen LogP contribution in [-0.2, 0) is 19.1 Å². The summed E-state index contributed by atoms with van der Waals surface area (Å²) in [6.07, 6.45) is 5.72. The van der Waals surface area contributed by atoms with Gasteiger partial charge in [0.15, 0.2) is 0 Å². The van der Waals surface area contributed by atoms with Gasteiger partial charge in [-0.3, -0.25) is 0 Å². The fraction of sp³-hybridized carbons (Fsp3) is 0.263. The van der Waals surface area contributed by atoms with Crippen molar-refractivity contribution >= 4 is 25.2 Å². The van der Waals surface area contributed by atoms with E-state index >= 15 is 0 Å². The van der Waals surface area contributed by atoms with Crippen LogP contribution in [0, 0.1) is 0 Å². The summed E-state index contributed by atoms with van der Waals surface area (Å²) in [4.78, 5) is 22.7. The first-order chi connectivity index (χ1) is 11.4. The molecule has 1 aromatic rings. The number of carbonyl (C=O) groups is 2. The maximum Gasteiger partial charge on any atom is 0.335 e. The molecule has 1 unspecified atom stereocenters. The van der Waals surface area contributed by atoms with E-state index in [-0.39, 0.29) is 12.1 Å². The van der Waals surface area contributed by atoms with Crippen molar-refractivity contribution in [2.45, 2.75) is 25.1 Å². The van der Waals surface area contributed by atoms with Crippen molar-refractivity contribution in [2.24, 2.45) is 0 Å². The van der Waals surface area contributed by atoms with E-state index in [0.29, 0.717) is 6.42 Å². The topological polar surface area (TPSA) is 52.6 Å². The SMILES string of the molecule is C=COC(=O)/C=C/C(=O)OCCC(C=C)[Si](C)(C)c1ccccc1. The molecule has 0 saturated carbocycles. The molecule has 0 spiro atoms. The lowest BCUT2D eigenvalue weighted by atomic mass is 10.3. The smallest absolute Gasteiger partial charge is 0.335 e. The van der Waals surface area contributed by atoms with Gasteiger partial charge in [-0.15, -0.1) is 6.58 Å². The number of rotatable bonds is 9. The minimum Gasteiger partial charge on any atom is -0.463 e. The Labute approximate surface area is 144 Å². The van der Waals surface area contributed by atoms with Gasteiger partial charge < -0.3 is 9.47 Å². The zero-order valence-electron chi connectivity index (χ0n) is 14.2. The molecule has 4 nitrogen and oxygen atoms in total. The summed E-state index contributed by atoms with van der Waals surface area (Å²) >= 11 is 0. The average Bonchev–Trinajstić information content (AvgIpc) is 2.57. The molecule has 1 aromatic carbocycles. The van der Waals surface area contributed by atoms with Gasteiger partial charge in [0.2, 0.25) is 0 Å². The van der Waals surface area contributed by atoms with E-state index < -0.39 is 20.0 Å². The Morgan fingerprint density at radius 1 is 1.12 bits per heavy atom. The second-order valence-electron chi connectivity index (χ2n) is 5.82. The van der Waals surface area contributed by atoms with Gasteiger partial charge in [-0.05, 0) is 12.0 Å². The molecule has 0 aliphatic carbocycles. The van der Waals surface area contributed by atoms with Gasteiger partial charge in [0.25, 0.3) is 0 Å². The summed E-state index contributed by atoms with van der Waals surface area (Å²) in [7, 11) is -1.74. The predicted octanol–water partition coefficient (Wildman–Crippen LogP) is 3.33. The lowest BCUT2D eigenvalue weighted by Crippen LogP contribution is -2.45. The second kappa shape index (κ2) is 9.67. The molecule has 0 bridgehead atoms. The van der Waals surface area contributed by atoms with Crippen molar-refractivity contribution in [3.8, 4) is 0 Å². The van der Waals surface area contributed by atoms with Gasteiger partial charge >= 0.3 is 11.9 Å². The van der Waals surface area contributed by atoms with E-state index in [1.54, 1.807) is 0 Å². The lowest BCUT2D eigenvalue weighted by molar-refractivity contribution is -0.138. The van der Waals surface area contributed by atoms with Crippen LogP contribution < -0.4 is 5.19 Å². The molecule has 0 aromatic heterocycles. The zero-order valence-corrected chi connectivity index (χ0v) is 15.2. The third kappa shape index (κ3) is 6.00. The highest BCUT2D eigenvalue weighted by Crippen LogP contribution is 2.26. The summed E-state index contributed by atoms with van der Waals surface area (Å²) in [6, 6.07) is 10.4. The van der Waals surface area contributed by atoms with Crippen LogP contribution in [0.5, 0.6) is 0 Å². The Morgan fingerprint density at radius 2 is 1.75 bits per heavy atom. The van der Waals surface area contributed by atoms with Gasteiger partial charge in [0, 0.05) is 12.2 Å². The molecule has 0 fully saturated rings. The van der Waals surface area contributed by atoms with Crippen LogP contribution in [0.25, 0.3) is 0 Å². The zero-order chi connectivity index (χ0) is 18.0.